The molecule has 0 N–H and O–H groups in total. The molecule has 1 aromatic carbocycles. The van der Waals surface area contributed by atoms with Crippen molar-refractivity contribution in [3.63, 3.8) is 0 Å². The molecule has 0 radical (unpaired) electrons. The molecule has 0 bridgehead atoms. The lowest BCUT2D eigenvalue weighted by Crippen LogP contribution is -2.24. The van der Waals surface area contributed by atoms with Gasteiger partial charge in [0.25, 0.3) is 8.07 Å². The molecule has 0 spiro atoms. The van der Waals surface area contributed by atoms with Gasteiger partial charge in [0, 0.05) is 5.56 Å². The predicted octanol–water partition coefficient (Wildman–Crippen LogP) is 2.00. The summed E-state index contributed by atoms with van der Waals surface area (Å²) in [7, 11) is -2.19. The van der Waals surface area contributed by atoms with Crippen LogP contribution in [-0.4, -0.2) is 8.07 Å². The Morgan fingerprint density at radius 1 is 1.07 bits per heavy atom. The molecule has 0 saturated carbocycles. The summed E-state index contributed by atoms with van der Waals surface area (Å²) in [4.78, 5) is 0. The molecule has 0 nitrogen and oxygen atoms in total. The normalized spacial score (nSPS) is 9.07. The van der Waals surface area contributed by atoms with Gasteiger partial charge >= 0.3 is 0 Å². The molecule has 0 unspecified atom stereocenters. The zero-order valence-electron chi connectivity index (χ0n) is 8.04. The fourth-order valence-corrected chi connectivity index (χ4v) is 1.45. The highest BCUT2D eigenvalue weighted by molar-refractivity contribution is 6.99. The Labute approximate surface area is 86.4 Å². The highest BCUT2D eigenvalue weighted by Gasteiger charge is 2.17. The van der Waals surface area contributed by atoms with Crippen LogP contribution in [0.4, 0.5) is 0 Å². The number of hydrogen-bond donors (Lipinski definition) is 0. The Morgan fingerprint density at radius 3 is 2.14 bits per heavy atom. The molecule has 0 aromatic heterocycles. The second-order valence-corrected chi connectivity index (χ2v) is 6.11. The topological polar surface area (TPSA) is 0 Å². The molecule has 0 atom stereocenters. The third kappa shape index (κ3) is 2.56. The highest BCUT2D eigenvalue weighted by Crippen LogP contribution is 1.99. The van der Waals surface area contributed by atoms with Gasteiger partial charge in [0.1, 0.15) is 0 Å². The van der Waals surface area contributed by atoms with Crippen molar-refractivity contribution >= 4 is 8.07 Å². The van der Waals surface area contributed by atoms with Crippen molar-refractivity contribution in [2.75, 3.05) is 0 Å². The summed E-state index contributed by atoms with van der Waals surface area (Å²) in [6.07, 6.45) is 10.7. The SMILES string of the molecule is C#C[Si](C)(C#C)C#Cc1ccccc1. The standard InChI is InChI=1S/C13H10Si/c1-4-14(3,5-2)12-11-13-9-7-6-8-10-13/h1-2,6-10H,3H3. The summed E-state index contributed by atoms with van der Waals surface area (Å²) in [6, 6.07) is 9.71. The maximum absolute atomic E-state index is 5.35. The first kappa shape index (κ1) is 10.2. The van der Waals surface area contributed by atoms with Crippen LogP contribution < -0.4 is 0 Å². The smallest absolute Gasteiger partial charge is 0.125 e. The van der Waals surface area contributed by atoms with E-state index in [0.717, 1.165) is 5.56 Å². The molecule has 0 amide bonds. The van der Waals surface area contributed by atoms with E-state index < -0.39 is 8.07 Å². The van der Waals surface area contributed by atoms with E-state index in [2.05, 4.69) is 22.6 Å². The van der Waals surface area contributed by atoms with Crippen molar-refractivity contribution in [1.82, 2.24) is 0 Å². The van der Waals surface area contributed by atoms with Crippen molar-refractivity contribution in [3.8, 4) is 35.4 Å². The zero-order chi connectivity index (χ0) is 10.4. The Bertz CT molecular complexity index is 432. The largest absolute Gasteiger partial charge is 0.287 e. The van der Waals surface area contributed by atoms with Crippen LogP contribution in [0.5, 0.6) is 0 Å². The summed E-state index contributed by atoms with van der Waals surface area (Å²) >= 11 is 0. The van der Waals surface area contributed by atoms with Crippen LogP contribution in [0.3, 0.4) is 0 Å². The molecule has 0 heterocycles. The van der Waals surface area contributed by atoms with Crippen LogP contribution >= 0.6 is 0 Å². The summed E-state index contributed by atoms with van der Waals surface area (Å²) in [6.45, 7) is 1.89. The fourth-order valence-electron chi connectivity index (χ4n) is 0.832. The first-order valence-corrected chi connectivity index (χ1v) is 6.74. The molecule has 1 aromatic rings. The van der Waals surface area contributed by atoms with Crippen LogP contribution in [0.15, 0.2) is 30.3 Å². The molecular weight excluding hydrogens is 184 g/mol. The molecule has 0 fully saturated rings. The molecule has 0 aliphatic rings. The molecule has 0 aliphatic heterocycles. The van der Waals surface area contributed by atoms with Crippen molar-refractivity contribution in [2.45, 2.75) is 6.55 Å². The Balaban J connectivity index is 2.96. The summed E-state index contributed by atoms with van der Waals surface area (Å²) in [5.41, 5.74) is 9.24. The highest BCUT2D eigenvalue weighted by atomic mass is 28.3. The number of rotatable bonds is 0. The lowest BCUT2D eigenvalue weighted by molar-refractivity contribution is 1.65. The van der Waals surface area contributed by atoms with Crippen molar-refractivity contribution in [2.24, 2.45) is 0 Å². The molecule has 14 heavy (non-hydrogen) atoms. The van der Waals surface area contributed by atoms with E-state index >= 15 is 0 Å². The molecule has 0 saturated heterocycles. The quantitative estimate of drug-likeness (QED) is 0.438. The molecule has 0 aliphatic carbocycles. The van der Waals surface area contributed by atoms with Crippen molar-refractivity contribution in [1.29, 1.82) is 0 Å². The third-order valence-corrected chi connectivity index (χ3v) is 3.59. The van der Waals surface area contributed by atoms with Gasteiger partial charge in [-0.05, 0) is 18.7 Å². The van der Waals surface area contributed by atoms with E-state index in [9.17, 15) is 0 Å². The summed E-state index contributed by atoms with van der Waals surface area (Å²) in [5, 5.41) is 0. The van der Waals surface area contributed by atoms with Crippen LogP contribution in [0.25, 0.3) is 0 Å². The second kappa shape index (κ2) is 4.38. The van der Waals surface area contributed by atoms with Gasteiger partial charge in [0.2, 0.25) is 0 Å². The number of terminal acetylenes is 2. The average Bonchev–Trinajstić information content (AvgIpc) is 2.27. The predicted molar refractivity (Wildman–Crippen MR) is 62.6 cm³/mol. The number of benzene rings is 1. The molecule has 66 valence electrons. The Hall–Kier alpha value is -1.88. The zero-order valence-corrected chi connectivity index (χ0v) is 9.04. The van der Waals surface area contributed by atoms with Crippen molar-refractivity contribution < 1.29 is 0 Å². The summed E-state index contributed by atoms with van der Waals surface area (Å²) in [5.74, 6) is 3.01. The van der Waals surface area contributed by atoms with E-state index in [1.807, 2.05) is 36.9 Å². The van der Waals surface area contributed by atoms with Crippen LogP contribution in [0, 0.1) is 35.4 Å². The average molecular weight is 194 g/mol. The van der Waals surface area contributed by atoms with E-state index in [0.29, 0.717) is 0 Å². The van der Waals surface area contributed by atoms with Gasteiger partial charge in [0.15, 0.2) is 0 Å². The van der Waals surface area contributed by atoms with E-state index in [1.165, 1.54) is 0 Å². The van der Waals surface area contributed by atoms with Gasteiger partial charge in [-0.1, -0.05) is 29.7 Å². The van der Waals surface area contributed by atoms with Gasteiger partial charge in [-0.2, -0.15) is 0 Å². The fraction of sp³-hybridized carbons (Fsp3) is 0.0769. The van der Waals surface area contributed by atoms with Gasteiger partial charge in [0.05, 0.1) is 0 Å². The molecular formula is C13H10Si. The van der Waals surface area contributed by atoms with E-state index in [-0.39, 0.29) is 0 Å². The number of hydrogen-bond acceptors (Lipinski definition) is 0. The Kier molecular flexibility index (Phi) is 3.19. The van der Waals surface area contributed by atoms with Crippen LogP contribution in [0.2, 0.25) is 6.55 Å². The van der Waals surface area contributed by atoms with Gasteiger partial charge in [-0.15, -0.1) is 23.9 Å². The maximum atomic E-state index is 5.35. The van der Waals surface area contributed by atoms with Gasteiger partial charge in [-0.25, -0.2) is 0 Å². The third-order valence-electron chi connectivity index (χ3n) is 1.81. The van der Waals surface area contributed by atoms with Crippen LogP contribution in [-0.2, 0) is 0 Å². The lowest BCUT2D eigenvalue weighted by atomic mass is 10.2. The maximum Gasteiger partial charge on any atom is 0.287 e. The van der Waals surface area contributed by atoms with E-state index in [1.54, 1.807) is 0 Å². The molecule has 1 heteroatoms. The minimum Gasteiger partial charge on any atom is -0.125 e. The summed E-state index contributed by atoms with van der Waals surface area (Å²) < 4.78 is 0. The lowest BCUT2D eigenvalue weighted by Gasteiger charge is -2.01. The first-order valence-electron chi connectivity index (χ1n) is 4.24. The first-order chi connectivity index (χ1) is 6.70. The monoisotopic (exact) mass is 194 g/mol. The minimum atomic E-state index is -2.19. The minimum absolute atomic E-state index is 0.955. The Morgan fingerprint density at radius 2 is 1.64 bits per heavy atom. The van der Waals surface area contributed by atoms with E-state index in [4.69, 9.17) is 12.8 Å². The van der Waals surface area contributed by atoms with Crippen molar-refractivity contribution in [3.05, 3.63) is 35.9 Å². The molecule has 1 rings (SSSR count). The van der Waals surface area contributed by atoms with Crippen LogP contribution in [0.1, 0.15) is 5.56 Å². The van der Waals surface area contributed by atoms with Gasteiger partial charge < -0.3 is 0 Å². The van der Waals surface area contributed by atoms with Gasteiger partial charge in [-0.3, -0.25) is 0 Å². The second-order valence-electron chi connectivity index (χ2n) is 3.03.